The van der Waals surface area contributed by atoms with Gasteiger partial charge in [0, 0.05) is 12.2 Å². The minimum atomic E-state index is 0.669. The number of aromatic nitrogens is 1. The Morgan fingerprint density at radius 1 is 1.14 bits per heavy atom. The van der Waals surface area contributed by atoms with Gasteiger partial charge in [0.15, 0.2) is 0 Å². The fourth-order valence-electron chi connectivity index (χ4n) is 2.08. The molecule has 1 N–H and O–H groups in total. The van der Waals surface area contributed by atoms with Crippen molar-refractivity contribution in [3.8, 4) is 11.5 Å². The van der Waals surface area contributed by atoms with E-state index in [1.807, 2.05) is 25.1 Å². The van der Waals surface area contributed by atoms with E-state index < -0.39 is 0 Å². The predicted molar refractivity (Wildman–Crippen MR) is 86.8 cm³/mol. The smallest absolute Gasteiger partial charge is 0.145 e. The summed E-state index contributed by atoms with van der Waals surface area (Å²) in [7, 11) is 0. The van der Waals surface area contributed by atoms with Gasteiger partial charge >= 0.3 is 0 Å². The van der Waals surface area contributed by atoms with Gasteiger partial charge in [-0.25, -0.2) is 0 Å². The molecule has 0 atom stereocenters. The lowest BCUT2D eigenvalue weighted by Crippen LogP contribution is -2.18. The van der Waals surface area contributed by atoms with Gasteiger partial charge < -0.3 is 10.1 Å². The van der Waals surface area contributed by atoms with E-state index >= 15 is 0 Å². The number of ether oxygens (including phenoxy) is 1. The van der Waals surface area contributed by atoms with Crippen LogP contribution >= 0.6 is 0 Å². The molecule has 2 aromatic rings. The van der Waals surface area contributed by atoms with Crippen molar-refractivity contribution in [2.24, 2.45) is 5.92 Å². The highest BCUT2D eigenvalue weighted by Crippen LogP contribution is 2.25. The molecule has 112 valence electrons. The van der Waals surface area contributed by atoms with Crippen LogP contribution in [0.3, 0.4) is 0 Å². The molecule has 0 unspecified atom stereocenters. The second-order valence-corrected chi connectivity index (χ2v) is 5.86. The van der Waals surface area contributed by atoms with Crippen LogP contribution < -0.4 is 10.1 Å². The van der Waals surface area contributed by atoms with Gasteiger partial charge in [0.25, 0.3) is 0 Å². The minimum Gasteiger partial charge on any atom is -0.455 e. The quantitative estimate of drug-likeness (QED) is 0.861. The zero-order valence-electron chi connectivity index (χ0n) is 13.3. The van der Waals surface area contributed by atoms with Crippen LogP contribution in [0.25, 0.3) is 0 Å². The van der Waals surface area contributed by atoms with E-state index in [2.05, 4.69) is 43.2 Å². The fraction of sp³-hybridized carbons (Fsp3) is 0.389. The van der Waals surface area contributed by atoms with Crippen molar-refractivity contribution in [2.75, 3.05) is 6.54 Å². The molecule has 21 heavy (non-hydrogen) atoms. The molecule has 3 nitrogen and oxygen atoms in total. The van der Waals surface area contributed by atoms with Gasteiger partial charge in [0.05, 0.1) is 6.20 Å². The van der Waals surface area contributed by atoms with Crippen molar-refractivity contribution in [2.45, 2.75) is 34.2 Å². The van der Waals surface area contributed by atoms with Gasteiger partial charge in [-0.05, 0) is 55.6 Å². The van der Waals surface area contributed by atoms with E-state index in [4.69, 9.17) is 4.74 Å². The lowest BCUT2D eigenvalue weighted by atomic mass is 10.1. The Bertz CT molecular complexity index is 576. The highest BCUT2D eigenvalue weighted by Gasteiger charge is 2.04. The van der Waals surface area contributed by atoms with Crippen molar-refractivity contribution in [1.82, 2.24) is 10.3 Å². The second-order valence-electron chi connectivity index (χ2n) is 5.86. The van der Waals surface area contributed by atoms with Gasteiger partial charge in [-0.3, -0.25) is 4.98 Å². The average Bonchev–Trinajstić information content (AvgIpc) is 2.44. The number of pyridine rings is 1. The molecule has 0 spiro atoms. The van der Waals surface area contributed by atoms with E-state index in [-0.39, 0.29) is 0 Å². The monoisotopic (exact) mass is 284 g/mol. The lowest BCUT2D eigenvalue weighted by Gasteiger charge is -2.11. The first kappa shape index (κ1) is 15.5. The third-order valence-electron chi connectivity index (χ3n) is 3.23. The topological polar surface area (TPSA) is 34.1 Å². The molecule has 0 saturated heterocycles. The van der Waals surface area contributed by atoms with Crippen LogP contribution in [0.5, 0.6) is 11.5 Å². The maximum Gasteiger partial charge on any atom is 0.145 e. The van der Waals surface area contributed by atoms with E-state index in [1.165, 1.54) is 5.56 Å². The molecule has 0 aliphatic carbocycles. The molecule has 0 fully saturated rings. The molecule has 0 aliphatic heterocycles. The number of nitrogens with one attached hydrogen (secondary N) is 1. The molecule has 0 saturated carbocycles. The average molecular weight is 284 g/mol. The molecule has 0 bridgehead atoms. The zero-order chi connectivity index (χ0) is 15.2. The third kappa shape index (κ3) is 4.87. The molecule has 3 heteroatoms. The maximum absolute atomic E-state index is 5.88. The summed E-state index contributed by atoms with van der Waals surface area (Å²) in [6.45, 7) is 10.4. The van der Waals surface area contributed by atoms with Crippen LogP contribution in [0.15, 0.2) is 36.5 Å². The molecule has 1 aromatic carbocycles. The SMILES string of the molecule is Cc1ccc(Oc2ccc(CNCC(C)C)cc2C)cn1. The third-order valence-corrected chi connectivity index (χ3v) is 3.23. The van der Waals surface area contributed by atoms with Crippen molar-refractivity contribution in [3.05, 3.63) is 53.3 Å². The largest absolute Gasteiger partial charge is 0.455 e. The Morgan fingerprint density at radius 3 is 2.57 bits per heavy atom. The van der Waals surface area contributed by atoms with Crippen molar-refractivity contribution in [3.63, 3.8) is 0 Å². The van der Waals surface area contributed by atoms with E-state index in [9.17, 15) is 0 Å². The zero-order valence-corrected chi connectivity index (χ0v) is 13.3. The summed E-state index contributed by atoms with van der Waals surface area (Å²) in [4.78, 5) is 4.24. The van der Waals surface area contributed by atoms with Crippen LogP contribution in [0.4, 0.5) is 0 Å². The van der Waals surface area contributed by atoms with E-state index in [0.717, 1.165) is 35.8 Å². The molecule has 2 rings (SSSR count). The van der Waals surface area contributed by atoms with Crippen molar-refractivity contribution < 1.29 is 4.74 Å². The summed E-state index contributed by atoms with van der Waals surface area (Å²) >= 11 is 0. The number of rotatable bonds is 6. The van der Waals surface area contributed by atoms with Crippen molar-refractivity contribution in [1.29, 1.82) is 0 Å². The summed E-state index contributed by atoms with van der Waals surface area (Å²) in [6.07, 6.45) is 1.76. The summed E-state index contributed by atoms with van der Waals surface area (Å²) in [5.41, 5.74) is 3.41. The number of hydrogen-bond acceptors (Lipinski definition) is 3. The van der Waals surface area contributed by atoms with Gasteiger partial charge in [-0.2, -0.15) is 0 Å². The number of aryl methyl sites for hydroxylation is 2. The summed E-state index contributed by atoms with van der Waals surface area (Å²) in [5, 5.41) is 3.45. The Hall–Kier alpha value is -1.87. The van der Waals surface area contributed by atoms with Gasteiger partial charge in [0.1, 0.15) is 11.5 Å². The fourth-order valence-corrected chi connectivity index (χ4v) is 2.08. The molecule has 1 heterocycles. The van der Waals surface area contributed by atoms with Crippen LogP contribution in [-0.2, 0) is 6.54 Å². The Labute approximate surface area is 127 Å². The normalized spacial score (nSPS) is 10.9. The molecular formula is C18H24N2O. The van der Waals surface area contributed by atoms with Crippen molar-refractivity contribution >= 4 is 0 Å². The molecule has 0 radical (unpaired) electrons. The van der Waals surface area contributed by atoms with Gasteiger partial charge in [0.2, 0.25) is 0 Å². The Balaban J connectivity index is 2.00. The number of benzene rings is 1. The van der Waals surface area contributed by atoms with E-state index in [1.54, 1.807) is 6.20 Å². The first-order valence-corrected chi connectivity index (χ1v) is 7.45. The molecule has 1 aromatic heterocycles. The lowest BCUT2D eigenvalue weighted by molar-refractivity contribution is 0.475. The molecule has 0 amide bonds. The van der Waals surface area contributed by atoms with Crippen LogP contribution in [0.1, 0.15) is 30.7 Å². The second kappa shape index (κ2) is 7.23. The van der Waals surface area contributed by atoms with Crippen LogP contribution in [-0.4, -0.2) is 11.5 Å². The number of nitrogens with zero attached hydrogens (tertiary/aromatic N) is 1. The van der Waals surface area contributed by atoms with Crippen LogP contribution in [0.2, 0.25) is 0 Å². The van der Waals surface area contributed by atoms with Crippen LogP contribution in [0, 0.1) is 19.8 Å². The maximum atomic E-state index is 5.88. The standard InChI is InChI=1S/C18H24N2O/c1-13(2)10-19-11-16-6-8-18(14(3)9-16)21-17-7-5-15(4)20-12-17/h5-9,12-13,19H,10-11H2,1-4H3. The summed E-state index contributed by atoms with van der Waals surface area (Å²) < 4.78 is 5.88. The van der Waals surface area contributed by atoms with Gasteiger partial charge in [-0.15, -0.1) is 0 Å². The van der Waals surface area contributed by atoms with Gasteiger partial charge in [-0.1, -0.05) is 26.0 Å². The first-order chi connectivity index (χ1) is 10.0. The van der Waals surface area contributed by atoms with E-state index in [0.29, 0.717) is 5.92 Å². The summed E-state index contributed by atoms with van der Waals surface area (Å²) in [6, 6.07) is 10.2. The molecular weight excluding hydrogens is 260 g/mol. The first-order valence-electron chi connectivity index (χ1n) is 7.45. The highest BCUT2D eigenvalue weighted by molar-refractivity contribution is 5.39. The Kier molecular flexibility index (Phi) is 5.34. The Morgan fingerprint density at radius 2 is 1.95 bits per heavy atom. The predicted octanol–water partition coefficient (Wildman–Crippen LogP) is 4.24. The molecule has 0 aliphatic rings. The summed E-state index contributed by atoms with van der Waals surface area (Å²) in [5.74, 6) is 2.32. The minimum absolute atomic E-state index is 0.669. The number of hydrogen-bond donors (Lipinski definition) is 1. The highest BCUT2D eigenvalue weighted by atomic mass is 16.5.